The molecule has 1 aliphatic heterocycles. The van der Waals surface area contributed by atoms with Crippen LogP contribution < -0.4 is 14.7 Å². The highest BCUT2D eigenvalue weighted by molar-refractivity contribution is 5.94. The summed E-state index contributed by atoms with van der Waals surface area (Å²) in [5.41, 5.74) is 1.83. The van der Waals surface area contributed by atoms with Gasteiger partial charge in [0, 0.05) is 64.6 Å². The highest BCUT2D eigenvalue weighted by Crippen LogP contribution is 2.18. The molecule has 1 amide bonds. The van der Waals surface area contributed by atoms with Gasteiger partial charge in [0.25, 0.3) is 5.91 Å². The largest absolute Gasteiger partial charge is 0.378 e. The summed E-state index contributed by atoms with van der Waals surface area (Å²) >= 11 is 0. The first kappa shape index (κ1) is 19.9. The molecule has 28 heavy (non-hydrogen) atoms. The molecule has 0 aliphatic carbocycles. The lowest BCUT2D eigenvalue weighted by Crippen LogP contribution is -2.49. The van der Waals surface area contributed by atoms with Crippen LogP contribution in [-0.2, 0) is 0 Å². The maximum absolute atomic E-state index is 12.8. The zero-order valence-corrected chi connectivity index (χ0v) is 17.3. The normalized spacial score (nSPS) is 14.1. The lowest BCUT2D eigenvalue weighted by molar-refractivity contribution is 0.0746. The molecule has 1 aromatic carbocycles. The number of piperazine rings is 1. The molecular formula is C21H30N6O. The minimum Gasteiger partial charge on any atom is -0.378 e. The topological polar surface area (TPSA) is 55.8 Å². The molecule has 150 valence electrons. The van der Waals surface area contributed by atoms with Crippen LogP contribution in [0.5, 0.6) is 0 Å². The standard InChI is InChI=1S/C21H30N6O/c1-5-25(6-2)19-11-12-20(23-22-19)26-13-15-27(16-14-26)21(28)17-7-9-18(10-8-17)24(3)4/h7-12H,5-6,13-16H2,1-4H3. The van der Waals surface area contributed by atoms with Crippen LogP contribution in [0.1, 0.15) is 24.2 Å². The minimum absolute atomic E-state index is 0.0907. The van der Waals surface area contributed by atoms with Gasteiger partial charge in [-0.3, -0.25) is 4.79 Å². The van der Waals surface area contributed by atoms with Crippen molar-refractivity contribution in [3.8, 4) is 0 Å². The first-order valence-electron chi connectivity index (χ1n) is 9.93. The average Bonchev–Trinajstić information content (AvgIpc) is 2.75. The van der Waals surface area contributed by atoms with Gasteiger partial charge < -0.3 is 19.6 Å². The molecule has 0 radical (unpaired) electrons. The van der Waals surface area contributed by atoms with Gasteiger partial charge >= 0.3 is 0 Å². The molecule has 0 spiro atoms. The first-order chi connectivity index (χ1) is 13.5. The number of anilines is 3. The minimum atomic E-state index is 0.0907. The van der Waals surface area contributed by atoms with E-state index in [0.29, 0.717) is 13.1 Å². The lowest BCUT2D eigenvalue weighted by Gasteiger charge is -2.35. The third kappa shape index (κ3) is 4.35. The quantitative estimate of drug-likeness (QED) is 0.764. The van der Waals surface area contributed by atoms with Gasteiger partial charge in [-0.1, -0.05) is 0 Å². The molecule has 0 unspecified atom stereocenters. The fraction of sp³-hybridized carbons (Fsp3) is 0.476. The Bertz CT molecular complexity index is 762. The predicted octanol–water partition coefficient (Wildman–Crippen LogP) is 2.35. The summed E-state index contributed by atoms with van der Waals surface area (Å²) in [5, 5.41) is 8.77. The highest BCUT2D eigenvalue weighted by atomic mass is 16.2. The second-order valence-corrected chi connectivity index (χ2v) is 7.14. The molecule has 0 bridgehead atoms. The van der Waals surface area contributed by atoms with E-state index in [1.54, 1.807) is 0 Å². The molecule has 0 saturated carbocycles. The van der Waals surface area contributed by atoms with Crippen molar-refractivity contribution in [3.63, 3.8) is 0 Å². The number of carbonyl (C=O) groups is 1. The fourth-order valence-corrected chi connectivity index (χ4v) is 3.43. The lowest BCUT2D eigenvalue weighted by atomic mass is 10.1. The summed E-state index contributed by atoms with van der Waals surface area (Å²) in [6, 6.07) is 11.8. The molecule has 1 saturated heterocycles. The number of benzene rings is 1. The van der Waals surface area contributed by atoms with Gasteiger partial charge in [-0.05, 0) is 50.2 Å². The van der Waals surface area contributed by atoms with E-state index in [-0.39, 0.29) is 5.91 Å². The molecule has 0 atom stereocenters. The predicted molar refractivity (Wildman–Crippen MR) is 114 cm³/mol. The van der Waals surface area contributed by atoms with Crippen molar-refractivity contribution in [2.75, 3.05) is 68.1 Å². The number of aromatic nitrogens is 2. The number of rotatable bonds is 6. The molecule has 2 aromatic rings. The Morgan fingerprint density at radius 3 is 2.07 bits per heavy atom. The summed E-state index contributed by atoms with van der Waals surface area (Å²) < 4.78 is 0. The zero-order chi connectivity index (χ0) is 20.1. The Morgan fingerprint density at radius 2 is 1.57 bits per heavy atom. The van der Waals surface area contributed by atoms with Crippen LogP contribution >= 0.6 is 0 Å². The van der Waals surface area contributed by atoms with Gasteiger partial charge in [0.15, 0.2) is 11.6 Å². The number of nitrogens with zero attached hydrogens (tertiary/aromatic N) is 6. The van der Waals surface area contributed by atoms with Crippen LogP contribution in [0.2, 0.25) is 0 Å². The Labute approximate surface area is 167 Å². The van der Waals surface area contributed by atoms with Crippen molar-refractivity contribution in [1.29, 1.82) is 0 Å². The summed E-state index contributed by atoms with van der Waals surface area (Å²) in [7, 11) is 3.99. The second kappa shape index (κ2) is 8.91. The molecule has 1 aromatic heterocycles. The molecule has 3 rings (SSSR count). The van der Waals surface area contributed by atoms with E-state index in [0.717, 1.165) is 49.1 Å². The Morgan fingerprint density at radius 1 is 0.929 bits per heavy atom. The Hall–Kier alpha value is -2.83. The molecule has 7 heteroatoms. The van der Waals surface area contributed by atoms with E-state index in [4.69, 9.17) is 0 Å². The van der Waals surface area contributed by atoms with E-state index in [2.05, 4.69) is 33.8 Å². The van der Waals surface area contributed by atoms with Crippen molar-refractivity contribution in [2.24, 2.45) is 0 Å². The fourth-order valence-electron chi connectivity index (χ4n) is 3.43. The summed E-state index contributed by atoms with van der Waals surface area (Å²) in [6.45, 7) is 8.97. The van der Waals surface area contributed by atoms with Crippen molar-refractivity contribution in [2.45, 2.75) is 13.8 Å². The molecular weight excluding hydrogens is 352 g/mol. The van der Waals surface area contributed by atoms with Crippen LogP contribution in [-0.4, -0.2) is 74.4 Å². The second-order valence-electron chi connectivity index (χ2n) is 7.14. The zero-order valence-electron chi connectivity index (χ0n) is 17.3. The van der Waals surface area contributed by atoms with Gasteiger partial charge in [-0.2, -0.15) is 0 Å². The Balaban J connectivity index is 1.58. The van der Waals surface area contributed by atoms with E-state index < -0.39 is 0 Å². The number of carbonyl (C=O) groups excluding carboxylic acids is 1. The smallest absolute Gasteiger partial charge is 0.253 e. The summed E-state index contributed by atoms with van der Waals surface area (Å²) in [6.07, 6.45) is 0. The Kier molecular flexibility index (Phi) is 6.34. The van der Waals surface area contributed by atoms with Crippen LogP contribution in [0.15, 0.2) is 36.4 Å². The number of hydrogen-bond acceptors (Lipinski definition) is 6. The molecule has 7 nitrogen and oxygen atoms in total. The van der Waals surface area contributed by atoms with Crippen molar-refractivity contribution in [1.82, 2.24) is 15.1 Å². The first-order valence-corrected chi connectivity index (χ1v) is 9.93. The van der Waals surface area contributed by atoms with Crippen LogP contribution in [0.25, 0.3) is 0 Å². The molecule has 2 heterocycles. The van der Waals surface area contributed by atoms with Gasteiger partial charge in [0.1, 0.15) is 0 Å². The van der Waals surface area contributed by atoms with E-state index in [1.165, 1.54) is 0 Å². The molecule has 1 fully saturated rings. The average molecular weight is 383 g/mol. The van der Waals surface area contributed by atoms with Gasteiger partial charge in [-0.25, -0.2) is 0 Å². The third-order valence-corrected chi connectivity index (χ3v) is 5.25. The summed E-state index contributed by atoms with van der Waals surface area (Å²) in [5.74, 6) is 1.87. The van der Waals surface area contributed by atoms with Crippen molar-refractivity contribution >= 4 is 23.2 Å². The van der Waals surface area contributed by atoms with Gasteiger partial charge in [-0.15, -0.1) is 10.2 Å². The van der Waals surface area contributed by atoms with E-state index in [1.807, 2.05) is 60.3 Å². The van der Waals surface area contributed by atoms with E-state index >= 15 is 0 Å². The number of hydrogen-bond donors (Lipinski definition) is 0. The molecule has 0 N–H and O–H groups in total. The van der Waals surface area contributed by atoms with Gasteiger partial charge in [0.05, 0.1) is 0 Å². The molecule has 1 aliphatic rings. The third-order valence-electron chi connectivity index (χ3n) is 5.25. The van der Waals surface area contributed by atoms with Crippen molar-refractivity contribution in [3.05, 3.63) is 42.0 Å². The van der Waals surface area contributed by atoms with Crippen molar-refractivity contribution < 1.29 is 4.79 Å². The number of amides is 1. The highest BCUT2D eigenvalue weighted by Gasteiger charge is 2.23. The van der Waals surface area contributed by atoms with Crippen LogP contribution in [0, 0.1) is 0 Å². The SMILES string of the molecule is CCN(CC)c1ccc(N2CCN(C(=O)c3ccc(N(C)C)cc3)CC2)nn1. The van der Waals surface area contributed by atoms with Gasteiger partial charge in [0.2, 0.25) is 0 Å². The monoisotopic (exact) mass is 382 g/mol. The summed E-state index contributed by atoms with van der Waals surface area (Å²) in [4.78, 5) is 21.1. The maximum atomic E-state index is 12.8. The maximum Gasteiger partial charge on any atom is 0.253 e. The van der Waals surface area contributed by atoms with E-state index in [9.17, 15) is 4.79 Å². The van der Waals surface area contributed by atoms with Crippen LogP contribution in [0.3, 0.4) is 0 Å². The van der Waals surface area contributed by atoms with Crippen LogP contribution in [0.4, 0.5) is 17.3 Å².